The number of hydrogen-bond donors (Lipinski definition) is 0. The second kappa shape index (κ2) is 7.85. The first-order valence-corrected chi connectivity index (χ1v) is 5.17. The van der Waals surface area contributed by atoms with Crippen LogP contribution in [0.25, 0.3) is 0 Å². The standard InChI is InChI=1S/C9H13.2FH.Zr/c1-2-3-6-9-7-4-5-8-9;;;/h4,7H,2-3,5-6H2,1H3;2*1H;/q;;;+2/p-2. The molecule has 3 heteroatoms. The van der Waals surface area contributed by atoms with Crippen molar-refractivity contribution in [3.05, 3.63) is 21.0 Å². The zero-order valence-electron chi connectivity index (χ0n) is 7.24. The van der Waals surface area contributed by atoms with Crippen LogP contribution < -0.4 is 9.41 Å². The summed E-state index contributed by atoms with van der Waals surface area (Å²) in [5.41, 5.74) is 1.63. The Hall–Kier alpha value is 0.223. The van der Waals surface area contributed by atoms with Crippen LogP contribution in [-0.2, 0) is 24.7 Å². The Morgan fingerprint density at radius 1 is 1.42 bits per heavy atom. The van der Waals surface area contributed by atoms with Gasteiger partial charge in [-0.15, -0.1) is 0 Å². The normalized spacial score (nSPS) is 14.2. The molecule has 0 aromatic carbocycles. The molecular weight excluding hydrogens is 237 g/mol. The first-order valence-electron chi connectivity index (χ1n) is 3.94. The quantitative estimate of drug-likeness (QED) is 0.499. The molecule has 67 valence electrons. The SMILES string of the molecule is CCCCC1=[C]([Zr+2])CC=C1.[F-].[F-]. The fourth-order valence-electron chi connectivity index (χ4n) is 1.15. The maximum atomic E-state index is 2.31. The summed E-state index contributed by atoms with van der Waals surface area (Å²) in [5.74, 6) is 0. The molecule has 0 saturated heterocycles. The zero-order chi connectivity index (χ0) is 7.40. The molecule has 0 bridgehead atoms. The van der Waals surface area contributed by atoms with Gasteiger partial charge in [0.1, 0.15) is 0 Å². The van der Waals surface area contributed by atoms with E-state index in [2.05, 4.69) is 19.1 Å². The second-order valence-electron chi connectivity index (χ2n) is 2.71. The Bertz CT molecular complexity index is 173. The van der Waals surface area contributed by atoms with Crippen LogP contribution in [0.15, 0.2) is 21.0 Å². The van der Waals surface area contributed by atoms with E-state index in [0.717, 1.165) is 0 Å². The van der Waals surface area contributed by atoms with Crippen LogP contribution in [0, 0.1) is 0 Å². The second-order valence-corrected chi connectivity index (χ2v) is 4.20. The van der Waals surface area contributed by atoms with Gasteiger partial charge in [-0.25, -0.2) is 0 Å². The Balaban J connectivity index is 0. The summed E-state index contributed by atoms with van der Waals surface area (Å²) in [6.07, 6.45) is 9.82. The zero-order valence-corrected chi connectivity index (χ0v) is 9.70. The van der Waals surface area contributed by atoms with Gasteiger partial charge < -0.3 is 9.41 Å². The van der Waals surface area contributed by atoms with Crippen LogP contribution in [0.1, 0.15) is 32.6 Å². The minimum absolute atomic E-state index is 0. The average molecular weight is 250 g/mol. The predicted molar refractivity (Wildman–Crippen MR) is 40.3 cm³/mol. The Labute approximate surface area is 87.7 Å². The van der Waals surface area contributed by atoms with E-state index >= 15 is 0 Å². The Morgan fingerprint density at radius 3 is 2.50 bits per heavy atom. The van der Waals surface area contributed by atoms with E-state index in [1.165, 1.54) is 25.7 Å². The van der Waals surface area contributed by atoms with Crippen LogP contribution in [0.5, 0.6) is 0 Å². The van der Waals surface area contributed by atoms with Crippen molar-refractivity contribution in [1.29, 1.82) is 0 Å². The van der Waals surface area contributed by atoms with Crippen LogP contribution in [0.2, 0.25) is 0 Å². The molecule has 0 heterocycles. The first kappa shape index (κ1) is 14.7. The van der Waals surface area contributed by atoms with E-state index in [1.54, 1.807) is 33.6 Å². The van der Waals surface area contributed by atoms with Gasteiger partial charge in [0.25, 0.3) is 0 Å². The number of halogens is 2. The molecule has 12 heavy (non-hydrogen) atoms. The van der Waals surface area contributed by atoms with E-state index < -0.39 is 0 Å². The molecule has 0 saturated carbocycles. The molecule has 0 aliphatic heterocycles. The molecule has 0 unspecified atom stereocenters. The average Bonchev–Trinajstić information content (AvgIpc) is 2.31. The summed E-state index contributed by atoms with van der Waals surface area (Å²) >= 11 is 1.61. The predicted octanol–water partition coefficient (Wildman–Crippen LogP) is -3.05. The van der Waals surface area contributed by atoms with Crippen LogP contribution in [0.4, 0.5) is 0 Å². The number of hydrogen-bond acceptors (Lipinski definition) is 0. The van der Waals surface area contributed by atoms with Gasteiger partial charge >= 0.3 is 78.3 Å². The van der Waals surface area contributed by atoms with Crippen molar-refractivity contribution >= 4 is 0 Å². The third-order valence-electron chi connectivity index (χ3n) is 1.83. The van der Waals surface area contributed by atoms with E-state index in [0.29, 0.717) is 0 Å². The van der Waals surface area contributed by atoms with Crippen LogP contribution in [-0.4, -0.2) is 0 Å². The number of rotatable bonds is 3. The van der Waals surface area contributed by atoms with Crippen molar-refractivity contribution in [2.45, 2.75) is 32.6 Å². The molecule has 0 aromatic rings. The maximum Gasteiger partial charge on any atom is -1.00 e. The first-order chi connectivity index (χ1) is 4.84. The molecular formula is C9H13F2Zr. The molecule has 0 amide bonds. The van der Waals surface area contributed by atoms with Crippen molar-refractivity contribution in [2.75, 3.05) is 0 Å². The van der Waals surface area contributed by atoms with Gasteiger partial charge in [0, 0.05) is 0 Å². The fourth-order valence-corrected chi connectivity index (χ4v) is 1.95. The molecule has 0 spiro atoms. The Kier molecular flexibility index (Phi) is 9.64. The molecule has 1 aliphatic carbocycles. The van der Waals surface area contributed by atoms with E-state index in [4.69, 9.17) is 0 Å². The monoisotopic (exact) mass is 249 g/mol. The van der Waals surface area contributed by atoms with Gasteiger partial charge in [-0.05, 0) is 0 Å². The summed E-state index contributed by atoms with van der Waals surface area (Å²) in [4.78, 5) is 0. The van der Waals surface area contributed by atoms with Crippen molar-refractivity contribution in [2.24, 2.45) is 0 Å². The van der Waals surface area contributed by atoms with Gasteiger partial charge in [-0.2, -0.15) is 0 Å². The molecule has 0 radical (unpaired) electrons. The smallest absolute Gasteiger partial charge is 1.00 e. The minimum atomic E-state index is 0. The molecule has 1 aliphatic rings. The largest absolute Gasteiger partial charge is 1.00 e. The van der Waals surface area contributed by atoms with Gasteiger partial charge in [0.15, 0.2) is 0 Å². The van der Waals surface area contributed by atoms with Gasteiger partial charge in [0.2, 0.25) is 0 Å². The van der Waals surface area contributed by atoms with E-state index in [1.807, 2.05) is 0 Å². The van der Waals surface area contributed by atoms with Gasteiger partial charge in [-0.1, -0.05) is 0 Å². The van der Waals surface area contributed by atoms with Gasteiger partial charge in [0.05, 0.1) is 0 Å². The summed E-state index contributed by atoms with van der Waals surface area (Å²) in [6.45, 7) is 2.25. The molecule has 0 nitrogen and oxygen atoms in total. The summed E-state index contributed by atoms with van der Waals surface area (Å²) < 4.78 is 1.67. The summed E-state index contributed by atoms with van der Waals surface area (Å²) in [5, 5.41) is 0. The summed E-state index contributed by atoms with van der Waals surface area (Å²) in [7, 11) is 0. The number of unbranched alkanes of at least 4 members (excludes halogenated alkanes) is 1. The molecule has 0 aromatic heterocycles. The van der Waals surface area contributed by atoms with Crippen molar-refractivity contribution in [3.8, 4) is 0 Å². The molecule has 0 fully saturated rings. The minimum Gasteiger partial charge on any atom is -1.00 e. The van der Waals surface area contributed by atoms with Crippen LogP contribution >= 0.6 is 0 Å². The van der Waals surface area contributed by atoms with E-state index in [9.17, 15) is 0 Å². The van der Waals surface area contributed by atoms with Crippen molar-refractivity contribution in [1.82, 2.24) is 0 Å². The van der Waals surface area contributed by atoms with Gasteiger partial charge in [-0.3, -0.25) is 0 Å². The van der Waals surface area contributed by atoms with Crippen LogP contribution in [0.3, 0.4) is 0 Å². The number of allylic oxidation sites excluding steroid dienone is 4. The fraction of sp³-hybridized carbons (Fsp3) is 0.556. The third-order valence-corrected chi connectivity index (χ3v) is 3.12. The van der Waals surface area contributed by atoms with Crippen molar-refractivity contribution in [3.63, 3.8) is 0 Å². The van der Waals surface area contributed by atoms with Crippen molar-refractivity contribution < 1.29 is 34.1 Å². The topological polar surface area (TPSA) is 0 Å². The molecule has 0 N–H and O–H groups in total. The third kappa shape index (κ3) is 4.30. The molecule has 0 atom stereocenters. The Morgan fingerprint density at radius 2 is 2.08 bits per heavy atom. The summed E-state index contributed by atoms with van der Waals surface area (Å²) in [6, 6.07) is 0. The maximum absolute atomic E-state index is 2.31. The molecule has 1 rings (SSSR count). The van der Waals surface area contributed by atoms with E-state index in [-0.39, 0.29) is 9.41 Å².